The van der Waals surface area contributed by atoms with E-state index in [1.54, 1.807) is 0 Å². The molecule has 1 aromatic heterocycles. The molecule has 43 heavy (non-hydrogen) atoms. The standard InChI is InChI=1S/C29H40N4O9S/c1-7-8-9-14-33-24(16-39-22-12-10-17(2)11-13-22)31-32-29(33)43-28-25(30-18(3)34)27(41-21(6)37)26(40-20(5)36)23(42-28)15-38-19(4)35/h10-13,23,25-28H,7-9,14-16H2,1-6H3,(H,30,34)/t23-,25-,26+,27-,28-/m0/s1. The van der Waals surface area contributed by atoms with E-state index in [0.29, 0.717) is 23.3 Å². The molecule has 1 aromatic carbocycles. The first-order chi connectivity index (χ1) is 20.5. The van der Waals surface area contributed by atoms with Crippen molar-refractivity contribution in [1.29, 1.82) is 0 Å². The van der Waals surface area contributed by atoms with Crippen LogP contribution in [0.1, 0.15) is 65.3 Å². The number of hydrogen-bond acceptors (Lipinski definition) is 12. The highest BCUT2D eigenvalue weighted by Gasteiger charge is 2.51. The molecule has 0 spiro atoms. The van der Waals surface area contributed by atoms with Gasteiger partial charge >= 0.3 is 17.9 Å². The van der Waals surface area contributed by atoms with Crippen molar-refractivity contribution in [1.82, 2.24) is 20.1 Å². The van der Waals surface area contributed by atoms with Crippen molar-refractivity contribution < 1.29 is 42.9 Å². The fraction of sp³-hybridized carbons (Fsp3) is 0.586. The van der Waals surface area contributed by atoms with Gasteiger partial charge in [0.25, 0.3) is 0 Å². The Bertz CT molecular complexity index is 1250. The molecule has 236 valence electrons. The van der Waals surface area contributed by atoms with Gasteiger partial charge in [-0.05, 0) is 25.5 Å². The predicted molar refractivity (Wildman–Crippen MR) is 155 cm³/mol. The van der Waals surface area contributed by atoms with Crippen molar-refractivity contribution in [2.45, 2.75) is 109 Å². The summed E-state index contributed by atoms with van der Waals surface area (Å²) in [7, 11) is 0. The number of carbonyl (C=O) groups is 4. The SMILES string of the molecule is CCCCCn1c(COc2ccc(C)cc2)nnc1S[C@@H]1O[C@@H](COC(C)=O)[C@@H](OC(C)=O)[C@@H](OC(C)=O)[C@@H]1NC(C)=O. The monoisotopic (exact) mass is 620 g/mol. The Hall–Kier alpha value is -3.65. The van der Waals surface area contributed by atoms with E-state index in [-0.39, 0.29) is 13.2 Å². The van der Waals surface area contributed by atoms with E-state index in [9.17, 15) is 19.2 Å². The summed E-state index contributed by atoms with van der Waals surface area (Å²) in [6.45, 7) is 9.54. The average Bonchev–Trinajstić information content (AvgIpc) is 3.31. The van der Waals surface area contributed by atoms with Crippen LogP contribution in [0.2, 0.25) is 0 Å². The summed E-state index contributed by atoms with van der Waals surface area (Å²) in [5.41, 5.74) is 0.214. The molecule has 0 saturated carbocycles. The lowest BCUT2D eigenvalue weighted by molar-refractivity contribution is -0.211. The molecule has 5 atom stereocenters. The lowest BCUT2D eigenvalue weighted by Crippen LogP contribution is -2.65. The van der Waals surface area contributed by atoms with Crippen LogP contribution in [-0.2, 0) is 51.3 Å². The van der Waals surface area contributed by atoms with Gasteiger partial charge in [-0.3, -0.25) is 19.2 Å². The number of thioether (sulfide) groups is 1. The molecule has 0 bridgehead atoms. The number of benzene rings is 1. The highest BCUT2D eigenvalue weighted by atomic mass is 32.2. The van der Waals surface area contributed by atoms with Crippen molar-refractivity contribution in [3.05, 3.63) is 35.7 Å². The summed E-state index contributed by atoms with van der Waals surface area (Å²) in [6.07, 6.45) is -0.484. The van der Waals surface area contributed by atoms with Gasteiger partial charge in [0.05, 0.1) is 0 Å². The second-order valence-corrected chi connectivity index (χ2v) is 11.3. The molecule has 1 saturated heterocycles. The Balaban J connectivity index is 1.96. The number of hydrogen-bond donors (Lipinski definition) is 1. The van der Waals surface area contributed by atoms with Gasteiger partial charge in [0.1, 0.15) is 36.5 Å². The van der Waals surface area contributed by atoms with Gasteiger partial charge in [0.2, 0.25) is 5.91 Å². The van der Waals surface area contributed by atoms with Gasteiger partial charge in [-0.1, -0.05) is 49.2 Å². The van der Waals surface area contributed by atoms with E-state index >= 15 is 0 Å². The molecule has 0 radical (unpaired) electrons. The summed E-state index contributed by atoms with van der Waals surface area (Å²) in [4.78, 5) is 48.2. The summed E-state index contributed by atoms with van der Waals surface area (Å²) < 4.78 is 30.5. The van der Waals surface area contributed by atoms with Crippen molar-refractivity contribution >= 4 is 35.6 Å². The molecular formula is C29H40N4O9S. The molecule has 1 N–H and O–H groups in total. The molecular weight excluding hydrogens is 580 g/mol. The molecule has 1 amide bonds. The van der Waals surface area contributed by atoms with E-state index in [1.165, 1.54) is 27.7 Å². The minimum absolute atomic E-state index is 0.170. The third kappa shape index (κ3) is 10.2. The molecule has 14 heteroatoms. The van der Waals surface area contributed by atoms with E-state index in [2.05, 4.69) is 22.4 Å². The smallest absolute Gasteiger partial charge is 0.303 e. The van der Waals surface area contributed by atoms with Gasteiger partial charge in [-0.25, -0.2) is 0 Å². The number of carbonyl (C=O) groups excluding carboxylic acids is 4. The quantitative estimate of drug-likeness (QED) is 0.187. The molecule has 3 rings (SSSR count). The Morgan fingerprint density at radius 1 is 0.953 bits per heavy atom. The number of amides is 1. The van der Waals surface area contributed by atoms with Crippen molar-refractivity contribution in [2.24, 2.45) is 0 Å². The summed E-state index contributed by atoms with van der Waals surface area (Å²) in [6, 6.07) is 6.72. The molecule has 1 aliphatic rings. The minimum Gasteiger partial charge on any atom is -0.486 e. The second kappa shape index (κ2) is 16.3. The lowest BCUT2D eigenvalue weighted by Gasteiger charge is -2.44. The van der Waals surface area contributed by atoms with Crippen LogP contribution in [0.4, 0.5) is 0 Å². The maximum atomic E-state index is 12.3. The predicted octanol–water partition coefficient (Wildman–Crippen LogP) is 3.10. The van der Waals surface area contributed by atoms with E-state index in [1.807, 2.05) is 35.8 Å². The number of ether oxygens (including phenoxy) is 5. The van der Waals surface area contributed by atoms with Crippen molar-refractivity contribution in [2.75, 3.05) is 6.61 Å². The zero-order valence-electron chi connectivity index (χ0n) is 25.4. The minimum atomic E-state index is -1.17. The first-order valence-corrected chi connectivity index (χ1v) is 15.0. The number of esters is 3. The maximum Gasteiger partial charge on any atom is 0.303 e. The molecule has 1 aliphatic heterocycles. The van der Waals surface area contributed by atoms with E-state index in [0.717, 1.165) is 36.6 Å². The molecule has 0 aliphatic carbocycles. The van der Waals surface area contributed by atoms with Crippen LogP contribution in [0.15, 0.2) is 29.4 Å². The molecule has 1 fully saturated rings. The van der Waals surface area contributed by atoms with Gasteiger partial charge in [-0.2, -0.15) is 0 Å². The van der Waals surface area contributed by atoms with Crippen LogP contribution in [0.3, 0.4) is 0 Å². The number of aromatic nitrogens is 3. The maximum absolute atomic E-state index is 12.3. The third-order valence-corrected chi connectivity index (χ3v) is 7.61. The van der Waals surface area contributed by atoms with Crippen LogP contribution in [0.5, 0.6) is 5.75 Å². The Kier molecular flexibility index (Phi) is 12.8. The number of aryl methyl sites for hydroxylation is 1. The average molecular weight is 621 g/mol. The fourth-order valence-corrected chi connectivity index (χ4v) is 5.72. The molecule has 2 heterocycles. The highest BCUT2D eigenvalue weighted by Crippen LogP contribution is 2.36. The second-order valence-electron chi connectivity index (χ2n) is 10.2. The number of nitrogens with zero attached hydrogens (tertiary/aromatic N) is 3. The normalized spacial score (nSPS) is 21.5. The van der Waals surface area contributed by atoms with Gasteiger partial charge < -0.3 is 33.6 Å². The summed E-state index contributed by atoms with van der Waals surface area (Å²) in [5, 5.41) is 12.1. The molecule has 13 nitrogen and oxygen atoms in total. The van der Waals surface area contributed by atoms with Crippen molar-refractivity contribution in [3.63, 3.8) is 0 Å². The van der Waals surface area contributed by atoms with Gasteiger partial charge in [-0.15, -0.1) is 10.2 Å². The number of rotatable bonds is 14. The van der Waals surface area contributed by atoms with Gasteiger partial charge in [0, 0.05) is 34.2 Å². The van der Waals surface area contributed by atoms with Crippen LogP contribution >= 0.6 is 11.8 Å². The van der Waals surface area contributed by atoms with Crippen LogP contribution < -0.4 is 10.1 Å². The first kappa shape index (κ1) is 33.8. The van der Waals surface area contributed by atoms with E-state index in [4.69, 9.17) is 23.7 Å². The van der Waals surface area contributed by atoms with Crippen LogP contribution in [-0.4, -0.2) is 75.0 Å². The van der Waals surface area contributed by atoms with E-state index < -0.39 is 53.6 Å². The Morgan fingerprint density at radius 2 is 1.63 bits per heavy atom. The van der Waals surface area contributed by atoms with Crippen molar-refractivity contribution in [3.8, 4) is 5.75 Å². The first-order valence-electron chi connectivity index (χ1n) is 14.2. The summed E-state index contributed by atoms with van der Waals surface area (Å²) >= 11 is 1.16. The van der Waals surface area contributed by atoms with Gasteiger partial charge in [0.15, 0.2) is 23.2 Å². The lowest BCUT2D eigenvalue weighted by atomic mass is 9.97. The molecule has 0 unspecified atom stereocenters. The zero-order valence-corrected chi connectivity index (χ0v) is 26.2. The topological polar surface area (TPSA) is 157 Å². The summed E-state index contributed by atoms with van der Waals surface area (Å²) in [5.74, 6) is -1.03. The van der Waals surface area contributed by atoms with Crippen LogP contribution in [0, 0.1) is 6.92 Å². The molecule has 2 aromatic rings. The number of nitrogens with one attached hydrogen (secondary N) is 1. The Labute approximate surface area is 255 Å². The third-order valence-electron chi connectivity index (χ3n) is 6.46. The van der Waals surface area contributed by atoms with Crippen LogP contribution in [0.25, 0.3) is 0 Å². The zero-order chi connectivity index (χ0) is 31.5. The highest BCUT2D eigenvalue weighted by molar-refractivity contribution is 7.99. The largest absolute Gasteiger partial charge is 0.486 e. The Morgan fingerprint density at radius 3 is 2.23 bits per heavy atom. The fourth-order valence-electron chi connectivity index (χ4n) is 4.54. The number of unbranched alkanes of at least 4 members (excludes halogenated alkanes) is 2.